The lowest BCUT2D eigenvalue weighted by atomic mass is 10.1. The van der Waals surface area contributed by atoms with Gasteiger partial charge in [-0.25, -0.2) is 0 Å². The van der Waals surface area contributed by atoms with Crippen LogP contribution in [0.4, 0.5) is 0 Å². The third-order valence-corrected chi connectivity index (χ3v) is 2.42. The van der Waals surface area contributed by atoms with Crippen molar-refractivity contribution in [3.05, 3.63) is 0 Å². The first-order valence-corrected chi connectivity index (χ1v) is 5.03. The summed E-state index contributed by atoms with van der Waals surface area (Å²) in [5, 5.41) is 0. The van der Waals surface area contributed by atoms with E-state index in [0.29, 0.717) is 12.2 Å². The van der Waals surface area contributed by atoms with E-state index in [9.17, 15) is 4.79 Å². The normalized spacial score (nSPS) is 19.3. The molecule has 3 nitrogen and oxygen atoms in total. The van der Waals surface area contributed by atoms with E-state index in [-0.39, 0.29) is 5.92 Å². The molecular weight excluding hydrogens is 166 g/mol. The van der Waals surface area contributed by atoms with Gasteiger partial charge in [0.2, 0.25) is 0 Å². The summed E-state index contributed by atoms with van der Waals surface area (Å²) in [6.07, 6.45) is 0.692. The minimum Gasteiger partial charge on any atom is -0.379 e. The molecule has 0 aromatic rings. The number of morpholine rings is 1. The van der Waals surface area contributed by atoms with Gasteiger partial charge in [0.1, 0.15) is 5.78 Å². The quantitative estimate of drug-likeness (QED) is 0.652. The van der Waals surface area contributed by atoms with Crippen molar-refractivity contribution in [3.63, 3.8) is 0 Å². The Kier molecular flexibility index (Phi) is 4.39. The van der Waals surface area contributed by atoms with Crippen molar-refractivity contribution < 1.29 is 9.53 Å². The zero-order valence-electron chi connectivity index (χ0n) is 8.58. The topological polar surface area (TPSA) is 29.5 Å². The average molecular weight is 185 g/mol. The highest BCUT2D eigenvalue weighted by atomic mass is 16.5. The number of carbonyl (C=O) groups excluding carboxylic acids is 1. The second kappa shape index (κ2) is 5.35. The van der Waals surface area contributed by atoms with Crippen LogP contribution >= 0.6 is 0 Å². The Labute approximate surface area is 80.1 Å². The fourth-order valence-corrected chi connectivity index (χ4v) is 1.38. The lowest BCUT2D eigenvalue weighted by molar-refractivity contribution is -0.122. The van der Waals surface area contributed by atoms with E-state index in [4.69, 9.17) is 4.74 Å². The Morgan fingerprint density at radius 1 is 1.38 bits per heavy atom. The summed E-state index contributed by atoms with van der Waals surface area (Å²) in [5.41, 5.74) is 0. The molecule has 1 saturated heterocycles. The number of rotatable bonds is 4. The maximum Gasteiger partial charge on any atom is 0.136 e. The molecule has 1 rings (SSSR count). The predicted octanol–water partition coefficient (Wildman–Crippen LogP) is 0.934. The van der Waals surface area contributed by atoms with Crippen molar-refractivity contribution >= 4 is 5.78 Å². The van der Waals surface area contributed by atoms with E-state index in [0.717, 1.165) is 32.8 Å². The van der Waals surface area contributed by atoms with Crippen molar-refractivity contribution in [2.45, 2.75) is 20.3 Å². The molecule has 0 aliphatic carbocycles. The molecule has 0 bridgehead atoms. The molecule has 0 spiro atoms. The Bertz CT molecular complexity index is 162. The minimum absolute atomic E-state index is 0.182. The lowest BCUT2D eigenvalue weighted by Gasteiger charge is -2.26. The van der Waals surface area contributed by atoms with Crippen LogP contribution in [0.25, 0.3) is 0 Å². The average Bonchev–Trinajstić information content (AvgIpc) is 2.15. The molecule has 0 unspecified atom stereocenters. The Hall–Kier alpha value is -0.410. The van der Waals surface area contributed by atoms with Crippen LogP contribution < -0.4 is 0 Å². The molecule has 1 aliphatic heterocycles. The van der Waals surface area contributed by atoms with Gasteiger partial charge in [0.15, 0.2) is 0 Å². The summed E-state index contributed by atoms with van der Waals surface area (Å²) in [5.74, 6) is 0.549. The van der Waals surface area contributed by atoms with Gasteiger partial charge >= 0.3 is 0 Å². The molecular formula is C10H19NO2. The van der Waals surface area contributed by atoms with Crippen LogP contribution in [0.5, 0.6) is 0 Å². The molecule has 13 heavy (non-hydrogen) atoms. The monoisotopic (exact) mass is 185 g/mol. The minimum atomic E-state index is 0.182. The van der Waals surface area contributed by atoms with Crippen LogP contribution in [0.3, 0.4) is 0 Å². The van der Waals surface area contributed by atoms with Crippen LogP contribution in [0, 0.1) is 5.92 Å². The number of nitrogens with zero attached hydrogens (tertiary/aromatic N) is 1. The Balaban J connectivity index is 2.13. The summed E-state index contributed by atoms with van der Waals surface area (Å²) < 4.78 is 5.23. The van der Waals surface area contributed by atoms with E-state index in [1.165, 1.54) is 0 Å². The van der Waals surface area contributed by atoms with Gasteiger partial charge in [0.05, 0.1) is 13.2 Å². The van der Waals surface area contributed by atoms with Gasteiger partial charge in [-0.3, -0.25) is 9.69 Å². The Morgan fingerprint density at radius 3 is 2.54 bits per heavy atom. The van der Waals surface area contributed by atoms with Crippen LogP contribution in [-0.2, 0) is 9.53 Å². The smallest absolute Gasteiger partial charge is 0.136 e. The molecule has 0 aromatic heterocycles. The van der Waals surface area contributed by atoms with Crippen LogP contribution in [-0.4, -0.2) is 43.5 Å². The highest BCUT2D eigenvalue weighted by Crippen LogP contribution is 2.02. The van der Waals surface area contributed by atoms with Crippen LogP contribution in [0.2, 0.25) is 0 Å². The number of ether oxygens (including phenoxy) is 1. The highest BCUT2D eigenvalue weighted by Gasteiger charge is 2.13. The number of carbonyl (C=O) groups is 1. The molecule has 0 atom stereocenters. The van der Waals surface area contributed by atoms with Gasteiger partial charge in [-0.2, -0.15) is 0 Å². The first-order valence-electron chi connectivity index (χ1n) is 5.03. The van der Waals surface area contributed by atoms with E-state index < -0.39 is 0 Å². The largest absolute Gasteiger partial charge is 0.379 e. The highest BCUT2D eigenvalue weighted by molar-refractivity contribution is 5.80. The van der Waals surface area contributed by atoms with Gasteiger partial charge < -0.3 is 4.74 Å². The van der Waals surface area contributed by atoms with Gasteiger partial charge in [-0.1, -0.05) is 13.8 Å². The van der Waals surface area contributed by atoms with Crippen LogP contribution in [0.1, 0.15) is 20.3 Å². The first-order chi connectivity index (χ1) is 6.20. The standard InChI is InChI=1S/C10H19NO2/c1-9(2)10(12)3-4-11-5-7-13-8-6-11/h9H,3-8H2,1-2H3. The number of hydrogen-bond donors (Lipinski definition) is 0. The molecule has 3 heteroatoms. The maximum atomic E-state index is 11.3. The van der Waals surface area contributed by atoms with Gasteiger partial charge in [-0.05, 0) is 0 Å². The lowest BCUT2D eigenvalue weighted by Crippen LogP contribution is -2.37. The summed E-state index contributed by atoms with van der Waals surface area (Å²) in [6.45, 7) is 8.41. The molecule has 76 valence electrons. The van der Waals surface area contributed by atoms with E-state index in [1.807, 2.05) is 13.8 Å². The van der Waals surface area contributed by atoms with Crippen LogP contribution in [0.15, 0.2) is 0 Å². The molecule has 0 saturated carbocycles. The zero-order chi connectivity index (χ0) is 9.68. The maximum absolute atomic E-state index is 11.3. The van der Waals surface area contributed by atoms with Crippen molar-refractivity contribution in [3.8, 4) is 0 Å². The fourth-order valence-electron chi connectivity index (χ4n) is 1.38. The summed E-state index contributed by atoms with van der Waals surface area (Å²) in [6, 6.07) is 0. The van der Waals surface area contributed by atoms with E-state index in [2.05, 4.69) is 4.90 Å². The van der Waals surface area contributed by atoms with Crippen molar-refractivity contribution in [2.75, 3.05) is 32.8 Å². The molecule has 1 aliphatic rings. The van der Waals surface area contributed by atoms with Gasteiger partial charge in [-0.15, -0.1) is 0 Å². The molecule has 0 aromatic carbocycles. The van der Waals surface area contributed by atoms with Crippen molar-refractivity contribution in [1.82, 2.24) is 4.90 Å². The van der Waals surface area contributed by atoms with Crippen molar-refractivity contribution in [1.29, 1.82) is 0 Å². The fraction of sp³-hybridized carbons (Fsp3) is 0.900. The van der Waals surface area contributed by atoms with E-state index >= 15 is 0 Å². The summed E-state index contributed by atoms with van der Waals surface area (Å²) in [4.78, 5) is 13.6. The van der Waals surface area contributed by atoms with Gasteiger partial charge in [0.25, 0.3) is 0 Å². The first kappa shape index (κ1) is 10.7. The molecule has 1 fully saturated rings. The molecule has 1 heterocycles. The summed E-state index contributed by atoms with van der Waals surface area (Å²) >= 11 is 0. The number of Topliss-reactive ketones (excluding diaryl/α,β-unsaturated/α-hetero) is 1. The number of ketones is 1. The second-order valence-corrected chi connectivity index (χ2v) is 3.83. The zero-order valence-corrected chi connectivity index (χ0v) is 8.58. The third kappa shape index (κ3) is 3.87. The second-order valence-electron chi connectivity index (χ2n) is 3.83. The third-order valence-electron chi connectivity index (χ3n) is 2.42. The molecule has 0 radical (unpaired) electrons. The van der Waals surface area contributed by atoms with E-state index in [1.54, 1.807) is 0 Å². The van der Waals surface area contributed by atoms with Gasteiger partial charge in [0, 0.05) is 32.0 Å². The molecule has 0 amide bonds. The van der Waals surface area contributed by atoms with Crippen molar-refractivity contribution in [2.24, 2.45) is 5.92 Å². The predicted molar refractivity (Wildman–Crippen MR) is 51.7 cm³/mol. The SMILES string of the molecule is CC(C)C(=O)CCN1CCOCC1. The Morgan fingerprint density at radius 2 is 2.00 bits per heavy atom. The molecule has 0 N–H and O–H groups in total. The number of hydrogen-bond acceptors (Lipinski definition) is 3. The summed E-state index contributed by atoms with van der Waals surface area (Å²) in [7, 11) is 0.